The molecule has 1 aromatic rings. The van der Waals surface area contributed by atoms with Crippen LogP contribution in [-0.2, 0) is 21.5 Å². The summed E-state index contributed by atoms with van der Waals surface area (Å²) in [6.45, 7) is 1.50. The van der Waals surface area contributed by atoms with Crippen LogP contribution in [-0.4, -0.2) is 19.0 Å². The summed E-state index contributed by atoms with van der Waals surface area (Å²) >= 11 is 1.82. The lowest BCUT2D eigenvalue weighted by molar-refractivity contribution is 0.500. The highest BCUT2D eigenvalue weighted by atomic mass is 32.2. The fourth-order valence-electron chi connectivity index (χ4n) is 1.62. The highest BCUT2D eigenvalue weighted by molar-refractivity contribution is 8.15. The molecule has 0 saturated heterocycles. The van der Waals surface area contributed by atoms with Crippen molar-refractivity contribution in [3.8, 4) is 0 Å². The van der Waals surface area contributed by atoms with E-state index in [4.69, 9.17) is 4.55 Å². The van der Waals surface area contributed by atoms with Crippen molar-refractivity contribution < 1.29 is 13.0 Å². The molecule has 0 spiro atoms. The molecule has 3 nitrogen and oxygen atoms in total. The minimum absolute atomic E-state index is 0.666. The molecular weight excluding hydrogens is 231 g/mol. The minimum atomic E-state index is -3.98. The summed E-state index contributed by atoms with van der Waals surface area (Å²) in [5, 5.41) is 0. The highest BCUT2D eigenvalue weighted by Crippen LogP contribution is 2.28. The van der Waals surface area contributed by atoms with E-state index in [9.17, 15) is 8.42 Å². The smallest absolute Gasteiger partial charge is 0.294 e. The van der Waals surface area contributed by atoms with Crippen LogP contribution in [0.4, 0.5) is 0 Å². The van der Waals surface area contributed by atoms with E-state index < -0.39 is 16.0 Å². The molecule has 0 atom stereocenters. The van der Waals surface area contributed by atoms with Crippen molar-refractivity contribution in [2.45, 2.75) is 18.3 Å². The van der Waals surface area contributed by atoms with Crippen LogP contribution < -0.4 is 5.46 Å². The Kier molecular flexibility index (Phi) is 2.83. The summed E-state index contributed by atoms with van der Waals surface area (Å²) in [6, 6.07) is 5.61. The Morgan fingerprint density at radius 2 is 2.00 bits per heavy atom. The lowest BCUT2D eigenvalue weighted by Gasteiger charge is -2.06. The number of benzene rings is 1. The minimum Gasteiger partial charge on any atom is -0.294 e. The molecule has 1 N–H and O–H groups in total. The van der Waals surface area contributed by atoms with E-state index in [1.165, 1.54) is 17.9 Å². The summed E-state index contributed by atoms with van der Waals surface area (Å²) in [6.07, 6.45) is 0. The molecule has 15 heavy (non-hydrogen) atoms. The molecule has 0 radical (unpaired) electrons. The van der Waals surface area contributed by atoms with Crippen LogP contribution >= 0.6 is 11.8 Å². The first-order chi connectivity index (χ1) is 6.98. The van der Waals surface area contributed by atoms with Crippen LogP contribution in [0.25, 0.3) is 0 Å². The third-order valence-electron chi connectivity index (χ3n) is 2.66. The fourth-order valence-corrected chi connectivity index (χ4v) is 3.20. The molecule has 1 aliphatic heterocycles. The van der Waals surface area contributed by atoms with Gasteiger partial charge in [-0.3, -0.25) is 4.55 Å². The standard InChI is InChI=1S/C9H11BO3S2/c1-10(15(11,12)13)9-3-2-7-5-14-6-8(7)4-9/h2-4H,5-6H2,1H3,(H,11,12,13). The molecule has 0 fully saturated rings. The van der Waals surface area contributed by atoms with Gasteiger partial charge in [0.1, 0.15) is 0 Å². The van der Waals surface area contributed by atoms with Crippen LogP contribution in [0.3, 0.4) is 0 Å². The summed E-state index contributed by atoms with van der Waals surface area (Å²) in [5.74, 6) is 1.09. The van der Waals surface area contributed by atoms with Crippen molar-refractivity contribution in [1.82, 2.24) is 0 Å². The molecule has 2 rings (SSSR count). The van der Waals surface area contributed by atoms with Gasteiger partial charge in [0.25, 0.3) is 0 Å². The van der Waals surface area contributed by atoms with Crippen LogP contribution in [0.5, 0.6) is 0 Å². The Bertz CT molecular complexity index is 484. The zero-order chi connectivity index (χ0) is 11.1. The van der Waals surface area contributed by atoms with Crippen LogP contribution in [0.15, 0.2) is 18.2 Å². The van der Waals surface area contributed by atoms with Crippen molar-refractivity contribution in [3.05, 3.63) is 29.3 Å². The molecule has 1 aromatic carbocycles. The van der Waals surface area contributed by atoms with E-state index in [0.717, 1.165) is 11.5 Å². The predicted octanol–water partition coefficient (Wildman–Crippen LogP) is 1.15. The van der Waals surface area contributed by atoms with E-state index in [0.29, 0.717) is 5.46 Å². The lowest BCUT2D eigenvalue weighted by Crippen LogP contribution is -2.35. The van der Waals surface area contributed by atoms with Gasteiger partial charge in [-0.15, -0.1) is 0 Å². The number of hydrogen-bond acceptors (Lipinski definition) is 3. The van der Waals surface area contributed by atoms with Gasteiger partial charge in [-0.25, -0.2) is 8.42 Å². The Morgan fingerprint density at radius 3 is 2.67 bits per heavy atom. The Hall–Kier alpha value is -0.455. The Balaban J connectivity index is 2.39. The normalized spacial score (nSPS) is 15.1. The van der Waals surface area contributed by atoms with Gasteiger partial charge in [-0.1, -0.05) is 30.5 Å². The van der Waals surface area contributed by atoms with E-state index in [-0.39, 0.29) is 0 Å². The van der Waals surface area contributed by atoms with Crippen LogP contribution in [0.1, 0.15) is 11.1 Å². The summed E-state index contributed by atoms with van der Waals surface area (Å²) < 4.78 is 30.9. The first-order valence-electron chi connectivity index (χ1n) is 4.64. The van der Waals surface area contributed by atoms with Gasteiger partial charge in [0, 0.05) is 11.5 Å². The van der Waals surface area contributed by atoms with Gasteiger partial charge < -0.3 is 0 Å². The van der Waals surface area contributed by atoms with Crippen molar-refractivity contribution >= 4 is 33.2 Å². The van der Waals surface area contributed by atoms with Gasteiger partial charge in [-0.2, -0.15) is 11.8 Å². The monoisotopic (exact) mass is 242 g/mol. The van der Waals surface area contributed by atoms with Crippen LogP contribution in [0.2, 0.25) is 6.82 Å². The van der Waals surface area contributed by atoms with Crippen molar-refractivity contribution in [1.29, 1.82) is 0 Å². The summed E-state index contributed by atoms with van der Waals surface area (Å²) in [7, 11) is -3.98. The van der Waals surface area contributed by atoms with E-state index in [2.05, 4.69) is 0 Å². The summed E-state index contributed by atoms with van der Waals surface area (Å²) in [4.78, 5) is 0. The molecule has 0 unspecified atom stereocenters. The van der Waals surface area contributed by atoms with Crippen molar-refractivity contribution in [3.63, 3.8) is 0 Å². The largest absolute Gasteiger partial charge is 0.355 e. The molecule has 6 heteroatoms. The maximum atomic E-state index is 11.0. The average molecular weight is 242 g/mol. The molecule has 80 valence electrons. The number of hydrogen-bond donors (Lipinski definition) is 1. The molecular formula is C9H11BO3S2. The topological polar surface area (TPSA) is 54.4 Å². The molecule has 0 saturated carbocycles. The van der Waals surface area contributed by atoms with Gasteiger partial charge >= 0.3 is 5.99 Å². The van der Waals surface area contributed by atoms with E-state index >= 15 is 0 Å². The maximum Gasteiger partial charge on any atom is 0.355 e. The van der Waals surface area contributed by atoms with Gasteiger partial charge in [-0.05, 0) is 11.1 Å². The first-order valence-corrected chi connectivity index (χ1v) is 7.30. The average Bonchev–Trinajstić information content (AvgIpc) is 2.61. The molecule has 1 heterocycles. The molecule has 0 amide bonds. The fraction of sp³-hybridized carbons (Fsp3) is 0.333. The Morgan fingerprint density at radius 1 is 1.33 bits per heavy atom. The SMILES string of the molecule is CB(c1ccc2c(c1)CSC2)S(=O)(=O)O. The quantitative estimate of drug-likeness (QED) is 0.624. The van der Waals surface area contributed by atoms with Gasteiger partial charge in [0.2, 0.25) is 9.97 Å². The zero-order valence-electron chi connectivity index (χ0n) is 8.30. The number of rotatable bonds is 2. The molecule has 0 aromatic heterocycles. The second-order valence-electron chi connectivity index (χ2n) is 3.68. The second-order valence-corrected chi connectivity index (χ2v) is 6.40. The van der Waals surface area contributed by atoms with Gasteiger partial charge in [0.05, 0.1) is 0 Å². The first kappa shape index (κ1) is 11.0. The molecule has 0 bridgehead atoms. The number of thioether (sulfide) groups is 1. The maximum absolute atomic E-state index is 11.0. The zero-order valence-corrected chi connectivity index (χ0v) is 9.94. The second kappa shape index (κ2) is 3.85. The van der Waals surface area contributed by atoms with Crippen LogP contribution in [0, 0.1) is 0 Å². The number of fused-ring (bicyclic) bond motifs is 1. The molecule has 0 aliphatic carbocycles. The molecule has 1 aliphatic rings. The third kappa shape index (κ3) is 2.22. The third-order valence-corrected chi connectivity index (χ3v) is 4.86. The highest BCUT2D eigenvalue weighted by Gasteiger charge is 2.26. The Labute approximate surface area is 94.0 Å². The van der Waals surface area contributed by atoms with Crippen molar-refractivity contribution in [2.75, 3.05) is 0 Å². The lowest BCUT2D eigenvalue weighted by atomic mass is 9.70. The van der Waals surface area contributed by atoms with E-state index in [1.54, 1.807) is 6.07 Å². The van der Waals surface area contributed by atoms with Gasteiger partial charge in [0.15, 0.2) is 0 Å². The van der Waals surface area contributed by atoms with E-state index in [1.807, 2.05) is 23.9 Å². The van der Waals surface area contributed by atoms with Crippen molar-refractivity contribution in [2.24, 2.45) is 0 Å². The summed E-state index contributed by atoms with van der Waals surface area (Å²) in [5.41, 5.74) is 3.12. The predicted molar refractivity (Wildman–Crippen MR) is 64.2 cm³/mol.